The van der Waals surface area contributed by atoms with Crippen LogP contribution in [0.3, 0.4) is 0 Å². The highest BCUT2D eigenvalue weighted by atomic mass is 16.2. The lowest BCUT2D eigenvalue weighted by atomic mass is 9.91. The molecule has 5 heteroatoms. The lowest BCUT2D eigenvalue weighted by molar-refractivity contribution is 0.0687. The number of amides is 1. The number of benzene rings is 1. The highest BCUT2D eigenvalue weighted by Crippen LogP contribution is 2.31. The van der Waals surface area contributed by atoms with Gasteiger partial charge in [-0.15, -0.1) is 0 Å². The number of anilines is 1. The summed E-state index contributed by atoms with van der Waals surface area (Å²) in [5, 5.41) is 4.26. The van der Waals surface area contributed by atoms with E-state index in [1.165, 1.54) is 5.56 Å². The van der Waals surface area contributed by atoms with Crippen LogP contribution < -0.4 is 5.73 Å². The van der Waals surface area contributed by atoms with Crippen molar-refractivity contribution in [3.05, 3.63) is 47.2 Å². The zero-order chi connectivity index (χ0) is 18.0. The summed E-state index contributed by atoms with van der Waals surface area (Å²) in [5.41, 5.74) is 8.95. The molecular formula is C19H28N4O. The number of hydrogen-bond donors (Lipinski definition) is 1. The highest BCUT2D eigenvalue weighted by molar-refractivity contribution is 5.98. The molecule has 24 heavy (non-hydrogen) atoms. The number of nitrogens with zero attached hydrogens (tertiary/aromatic N) is 3. The summed E-state index contributed by atoms with van der Waals surface area (Å²) in [5.74, 6) is 0.608. The summed E-state index contributed by atoms with van der Waals surface area (Å²) >= 11 is 0. The van der Waals surface area contributed by atoms with E-state index < -0.39 is 0 Å². The Morgan fingerprint density at radius 3 is 2.33 bits per heavy atom. The van der Waals surface area contributed by atoms with E-state index in [0.717, 1.165) is 5.56 Å². The van der Waals surface area contributed by atoms with E-state index in [-0.39, 0.29) is 23.9 Å². The van der Waals surface area contributed by atoms with E-state index in [9.17, 15) is 4.79 Å². The molecule has 2 rings (SSSR count). The van der Waals surface area contributed by atoms with Crippen molar-refractivity contribution in [3.8, 4) is 0 Å². The normalized spacial score (nSPS) is 12.7. The number of aryl methyl sites for hydroxylation is 1. The Kier molecular flexibility index (Phi) is 5.32. The fourth-order valence-electron chi connectivity index (χ4n) is 3.20. The second-order valence-corrected chi connectivity index (χ2v) is 6.94. The molecule has 2 aromatic rings. The standard InChI is InChI=1S/C19H28N4O/c1-12(2)17(15-10-8-7-9-14(15)5)22(6)19(24)16-11-21-23(13(3)4)18(16)20/h7-13,17H,20H2,1-6H3. The topological polar surface area (TPSA) is 64.2 Å². The zero-order valence-corrected chi connectivity index (χ0v) is 15.4. The fourth-order valence-corrected chi connectivity index (χ4v) is 3.20. The van der Waals surface area contributed by atoms with Gasteiger partial charge in [-0.25, -0.2) is 4.68 Å². The van der Waals surface area contributed by atoms with Crippen LogP contribution in [0.25, 0.3) is 0 Å². The van der Waals surface area contributed by atoms with Gasteiger partial charge in [0.25, 0.3) is 5.91 Å². The van der Waals surface area contributed by atoms with E-state index in [2.05, 4.69) is 38.0 Å². The Hall–Kier alpha value is -2.30. The summed E-state index contributed by atoms with van der Waals surface area (Å²) in [6.07, 6.45) is 1.57. The molecule has 5 nitrogen and oxygen atoms in total. The van der Waals surface area contributed by atoms with E-state index in [1.807, 2.05) is 33.0 Å². The van der Waals surface area contributed by atoms with Crippen LogP contribution in [-0.2, 0) is 0 Å². The van der Waals surface area contributed by atoms with Crippen LogP contribution in [0, 0.1) is 12.8 Å². The Morgan fingerprint density at radius 2 is 1.83 bits per heavy atom. The number of rotatable bonds is 5. The molecular weight excluding hydrogens is 300 g/mol. The van der Waals surface area contributed by atoms with Gasteiger partial charge in [-0.05, 0) is 37.8 Å². The zero-order valence-electron chi connectivity index (χ0n) is 15.4. The average Bonchev–Trinajstić information content (AvgIpc) is 2.90. The fraction of sp³-hybridized carbons (Fsp3) is 0.474. The molecule has 0 aliphatic rings. The van der Waals surface area contributed by atoms with Crippen LogP contribution in [0.1, 0.15) is 61.3 Å². The first-order valence-corrected chi connectivity index (χ1v) is 8.41. The van der Waals surface area contributed by atoms with Crippen LogP contribution in [0.5, 0.6) is 0 Å². The molecule has 130 valence electrons. The number of nitrogens with two attached hydrogens (primary N) is 1. The molecule has 0 radical (unpaired) electrons. The summed E-state index contributed by atoms with van der Waals surface area (Å²) in [4.78, 5) is 14.8. The maximum atomic E-state index is 13.0. The van der Waals surface area contributed by atoms with Gasteiger partial charge < -0.3 is 10.6 Å². The SMILES string of the molecule is Cc1ccccc1C(C(C)C)N(C)C(=O)c1cnn(C(C)C)c1N. The van der Waals surface area contributed by atoms with Crippen molar-refractivity contribution in [2.45, 2.75) is 46.7 Å². The molecule has 2 N–H and O–H groups in total. The third-order valence-electron chi connectivity index (χ3n) is 4.43. The largest absolute Gasteiger partial charge is 0.383 e. The van der Waals surface area contributed by atoms with Crippen molar-refractivity contribution in [2.24, 2.45) is 5.92 Å². The Labute approximate surface area is 144 Å². The molecule has 0 saturated carbocycles. The molecule has 1 heterocycles. The van der Waals surface area contributed by atoms with E-state index >= 15 is 0 Å². The van der Waals surface area contributed by atoms with Crippen LogP contribution in [0.15, 0.2) is 30.5 Å². The minimum atomic E-state index is -0.0960. The third-order valence-corrected chi connectivity index (χ3v) is 4.43. The van der Waals surface area contributed by atoms with Gasteiger partial charge in [0.05, 0.1) is 12.2 Å². The van der Waals surface area contributed by atoms with E-state index in [0.29, 0.717) is 11.4 Å². The van der Waals surface area contributed by atoms with Crippen LogP contribution in [-0.4, -0.2) is 27.6 Å². The quantitative estimate of drug-likeness (QED) is 0.907. The molecule has 0 spiro atoms. The van der Waals surface area contributed by atoms with Crippen LogP contribution in [0.2, 0.25) is 0 Å². The van der Waals surface area contributed by atoms with Gasteiger partial charge >= 0.3 is 0 Å². The van der Waals surface area contributed by atoms with Crippen molar-refractivity contribution in [3.63, 3.8) is 0 Å². The number of aromatic nitrogens is 2. The minimum Gasteiger partial charge on any atom is -0.383 e. The monoisotopic (exact) mass is 328 g/mol. The molecule has 0 aliphatic heterocycles. The first-order valence-electron chi connectivity index (χ1n) is 8.41. The molecule has 1 atom stereocenters. The Morgan fingerprint density at radius 1 is 1.21 bits per heavy atom. The number of carbonyl (C=O) groups is 1. The van der Waals surface area contributed by atoms with Crippen LogP contribution in [0.4, 0.5) is 5.82 Å². The molecule has 0 fully saturated rings. The maximum absolute atomic E-state index is 13.0. The van der Waals surface area contributed by atoms with Crippen molar-refractivity contribution >= 4 is 11.7 Å². The summed E-state index contributed by atoms with van der Waals surface area (Å²) < 4.78 is 1.68. The van der Waals surface area contributed by atoms with Gasteiger partial charge in [0.15, 0.2) is 0 Å². The Balaban J connectivity index is 2.39. The predicted octanol–water partition coefficient (Wildman–Crippen LogP) is 3.82. The molecule has 0 bridgehead atoms. The molecule has 1 amide bonds. The van der Waals surface area contributed by atoms with Crippen molar-refractivity contribution < 1.29 is 4.79 Å². The molecule has 0 saturated heterocycles. The lowest BCUT2D eigenvalue weighted by Crippen LogP contribution is -2.34. The second-order valence-electron chi connectivity index (χ2n) is 6.94. The van der Waals surface area contributed by atoms with Gasteiger partial charge in [0.2, 0.25) is 0 Å². The first-order chi connectivity index (χ1) is 11.3. The first kappa shape index (κ1) is 18.0. The summed E-state index contributed by atoms with van der Waals surface area (Å²) in [6.45, 7) is 10.3. The third kappa shape index (κ3) is 3.30. The van der Waals surface area contributed by atoms with Crippen molar-refractivity contribution in [1.29, 1.82) is 0 Å². The molecule has 1 aromatic carbocycles. The number of hydrogen-bond acceptors (Lipinski definition) is 3. The minimum absolute atomic E-state index is 0.0134. The second kappa shape index (κ2) is 7.07. The van der Waals surface area contributed by atoms with Gasteiger partial charge in [-0.1, -0.05) is 38.1 Å². The van der Waals surface area contributed by atoms with Crippen LogP contribution >= 0.6 is 0 Å². The average molecular weight is 328 g/mol. The molecule has 1 unspecified atom stereocenters. The smallest absolute Gasteiger partial charge is 0.259 e. The number of nitrogen functional groups attached to an aromatic ring is 1. The predicted molar refractivity (Wildman–Crippen MR) is 97.9 cm³/mol. The molecule has 0 aliphatic carbocycles. The van der Waals surface area contributed by atoms with E-state index in [4.69, 9.17) is 5.73 Å². The lowest BCUT2D eigenvalue weighted by Gasteiger charge is -2.32. The summed E-state index contributed by atoms with van der Waals surface area (Å²) in [7, 11) is 1.84. The van der Waals surface area contributed by atoms with Gasteiger partial charge in [-0.2, -0.15) is 5.10 Å². The highest BCUT2D eigenvalue weighted by Gasteiger charge is 2.29. The van der Waals surface area contributed by atoms with Crippen molar-refractivity contribution in [2.75, 3.05) is 12.8 Å². The van der Waals surface area contributed by atoms with E-state index in [1.54, 1.807) is 15.8 Å². The van der Waals surface area contributed by atoms with Gasteiger partial charge in [-0.3, -0.25) is 4.79 Å². The van der Waals surface area contributed by atoms with Crippen molar-refractivity contribution in [1.82, 2.24) is 14.7 Å². The maximum Gasteiger partial charge on any atom is 0.259 e. The number of carbonyl (C=O) groups excluding carboxylic acids is 1. The summed E-state index contributed by atoms with van der Waals surface area (Å²) in [6, 6.07) is 8.30. The Bertz CT molecular complexity index is 718. The van der Waals surface area contributed by atoms with Gasteiger partial charge in [0.1, 0.15) is 11.4 Å². The molecule has 1 aromatic heterocycles. The van der Waals surface area contributed by atoms with Gasteiger partial charge in [0, 0.05) is 13.1 Å².